The minimum atomic E-state index is -0.308. The van der Waals surface area contributed by atoms with Crippen LogP contribution in [0.1, 0.15) is 31.7 Å². The van der Waals surface area contributed by atoms with Crippen LogP contribution in [0.3, 0.4) is 0 Å². The molecule has 5 nitrogen and oxygen atoms in total. The lowest BCUT2D eigenvalue weighted by atomic mass is 9.97. The number of aromatic nitrogens is 1. The van der Waals surface area contributed by atoms with E-state index in [2.05, 4.69) is 30.9 Å². The number of imide groups is 1. The maximum Gasteiger partial charge on any atom is 0.251 e. The lowest BCUT2D eigenvalue weighted by molar-refractivity contribution is -0.123. The van der Waals surface area contributed by atoms with Crippen LogP contribution in [0.4, 0.5) is 5.69 Å². The van der Waals surface area contributed by atoms with Gasteiger partial charge >= 0.3 is 0 Å². The maximum atomic E-state index is 13.1. The third kappa shape index (κ3) is 3.44. The van der Waals surface area contributed by atoms with Gasteiger partial charge in [-0.1, -0.05) is 13.0 Å². The molecule has 0 N–H and O–H groups in total. The fraction of sp³-hybridized carbons (Fsp3) is 0.375. The molecule has 2 saturated heterocycles. The first-order valence-electron chi connectivity index (χ1n) is 10.6. The molecular weight excluding hydrogens is 394 g/mol. The number of likely N-dealkylation sites (tertiary alicyclic amines) is 1. The van der Waals surface area contributed by atoms with Gasteiger partial charge in [0.2, 0.25) is 5.91 Å². The normalized spacial score (nSPS) is 21.1. The second-order valence-corrected chi connectivity index (χ2v) is 9.57. The molecule has 1 aromatic heterocycles. The summed E-state index contributed by atoms with van der Waals surface area (Å²) in [5.74, 6) is 0.508. The Hall–Kier alpha value is -2.57. The van der Waals surface area contributed by atoms with E-state index in [1.165, 1.54) is 10.5 Å². The van der Waals surface area contributed by atoms with Crippen LogP contribution in [0.2, 0.25) is 0 Å². The van der Waals surface area contributed by atoms with Crippen molar-refractivity contribution in [1.82, 2.24) is 9.88 Å². The van der Waals surface area contributed by atoms with Crippen molar-refractivity contribution in [3.05, 3.63) is 48.0 Å². The number of rotatable bonds is 3. The van der Waals surface area contributed by atoms with Crippen LogP contribution in [0.15, 0.2) is 42.5 Å². The standard InChI is InChI=1S/C24H25N3O2S/c1-15-9-11-26(12-10-15)20-14-22(28)27(24(20)29)18-6-4-17(5-7-18)23-25-19-8-3-16(2)13-21(19)30-23/h3-8,13,15,20H,9-12,14H2,1-2H3. The molecule has 0 bridgehead atoms. The van der Waals surface area contributed by atoms with Gasteiger partial charge in [0.1, 0.15) is 5.01 Å². The fourth-order valence-corrected chi connectivity index (χ4v) is 5.49. The van der Waals surface area contributed by atoms with Crippen LogP contribution in [0, 0.1) is 12.8 Å². The van der Waals surface area contributed by atoms with Gasteiger partial charge in [-0.05, 0) is 80.7 Å². The van der Waals surface area contributed by atoms with Crippen LogP contribution in [-0.4, -0.2) is 40.8 Å². The van der Waals surface area contributed by atoms with Crippen molar-refractivity contribution in [2.75, 3.05) is 18.0 Å². The van der Waals surface area contributed by atoms with Gasteiger partial charge in [-0.15, -0.1) is 11.3 Å². The molecule has 0 spiro atoms. The molecule has 154 valence electrons. The predicted molar refractivity (Wildman–Crippen MR) is 121 cm³/mol. The van der Waals surface area contributed by atoms with E-state index in [0.717, 1.165) is 46.7 Å². The Kier molecular flexibility index (Phi) is 4.91. The van der Waals surface area contributed by atoms with Crippen LogP contribution >= 0.6 is 11.3 Å². The number of hydrogen-bond donors (Lipinski definition) is 0. The van der Waals surface area contributed by atoms with Crippen LogP contribution < -0.4 is 4.90 Å². The van der Waals surface area contributed by atoms with E-state index >= 15 is 0 Å². The summed E-state index contributed by atoms with van der Waals surface area (Å²) in [5, 5.41) is 0.946. The van der Waals surface area contributed by atoms with Gasteiger partial charge in [0.15, 0.2) is 0 Å². The number of carbonyl (C=O) groups excluding carboxylic acids is 2. The largest absolute Gasteiger partial charge is 0.292 e. The number of benzene rings is 2. The quantitative estimate of drug-likeness (QED) is 0.581. The summed E-state index contributed by atoms with van der Waals surface area (Å²) in [6, 6.07) is 13.6. The summed E-state index contributed by atoms with van der Waals surface area (Å²) in [4.78, 5) is 34.0. The molecule has 2 fully saturated rings. The minimum absolute atomic E-state index is 0.0854. The SMILES string of the molecule is Cc1ccc2nc(-c3ccc(N4C(=O)CC(N5CCC(C)CC5)C4=O)cc3)sc2c1. The van der Waals surface area contributed by atoms with Gasteiger partial charge in [-0.25, -0.2) is 9.88 Å². The van der Waals surface area contributed by atoms with Crippen LogP contribution in [0.5, 0.6) is 0 Å². The molecule has 0 radical (unpaired) electrons. The molecule has 2 amide bonds. The highest BCUT2D eigenvalue weighted by Gasteiger charge is 2.43. The molecule has 2 aliphatic rings. The molecule has 2 aliphatic heterocycles. The van der Waals surface area contributed by atoms with E-state index in [0.29, 0.717) is 11.6 Å². The van der Waals surface area contributed by atoms with Crippen molar-refractivity contribution in [2.24, 2.45) is 5.92 Å². The third-order valence-corrected chi connectivity index (χ3v) is 7.37. The Bertz CT molecular complexity index is 1110. The molecule has 1 atom stereocenters. The van der Waals surface area contributed by atoms with E-state index in [9.17, 15) is 9.59 Å². The summed E-state index contributed by atoms with van der Waals surface area (Å²) >= 11 is 1.66. The van der Waals surface area contributed by atoms with Crippen LogP contribution in [-0.2, 0) is 9.59 Å². The first kappa shape index (κ1) is 19.4. The highest BCUT2D eigenvalue weighted by atomic mass is 32.1. The number of carbonyl (C=O) groups is 2. The molecule has 1 unspecified atom stereocenters. The summed E-state index contributed by atoms with van der Waals surface area (Å²) in [6.45, 7) is 6.12. The zero-order valence-electron chi connectivity index (χ0n) is 17.3. The topological polar surface area (TPSA) is 53.5 Å². The summed E-state index contributed by atoms with van der Waals surface area (Å²) in [6.07, 6.45) is 2.47. The minimum Gasteiger partial charge on any atom is -0.292 e. The van der Waals surface area contributed by atoms with Gasteiger partial charge in [-0.2, -0.15) is 0 Å². The molecule has 3 heterocycles. The number of thiazole rings is 1. The summed E-state index contributed by atoms with van der Waals surface area (Å²) in [7, 11) is 0. The molecule has 6 heteroatoms. The van der Waals surface area contributed by atoms with Crippen molar-refractivity contribution in [3.8, 4) is 10.6 Å². The maximum absolute atomic E-state index is 13.1. The molecular formula is C24H25N3O2S. The second kappa shape index (κ2) is 7.60. The van der Waals surface area contributed by atoms with Gasteiger partial charge in [0, 0.05) is 5.56 Å². The molecule has 0 saturated carbocycles. The first-order valence-corrected chi connectivity index (χ1v) is 11.4. The van der Waals surface area contributed by atoms with Gasteiger partial charge in [-0.3, -0.25) is 14.5 Å². The lowest BCUT2D eigenvalue weighted by Gasteiger charge is -2.33. The highest BCUT2D eigenvalue weighted by Crippen LogP contribution is 2.33. The Morgan fingerprint density at radius 2 is 1.77 bits per heavy atom. The summed E-state index contributed by atoms with van der Waals surface area (Å²) in [5.41, 5.74) is 3.86. The van der Waals surface area contributed by atoms with E-state index in [1.807, 2.05) is 30.3 Å². The van der Waals surface area contributed by atoms with Crippen LogP contribution in [0.25, 0.3) is 20.8 Å². The van der Waals surface area contributed by atoms with Crippen molar-refractivity contribution in [2.45, 2.75) is 39.2 Å². The third-order valence-electron chi connectivity index (χ3n) is 6.30. The van der Waals surface area contributed by atoms with E-state index < -0.39 is 0 Å². The molecule has 0 aliphatic carbocycles. The molecule has 5 rings (SSSR count). The number of piperidine rings is 1. The molecule has 2 aromatic carbocycles. The van der Waals surface area contributed by atoms with Gasteiger partial charge < -0.3 is 0 Å². The second-order valence-electron chi connectivity index (χ2n) is 8.54. The zero-order valence-corrected chi connectivity index (χ0v) is 18.1. The smallest absolute Gasteiger partial charge is 0.251 e. The van der Waals surface area contributed by atoms with E-state index in [1.54, 1.807) is 11.3 Å². The average molecular weight is 420 g/mol. The van der Waals surface area contributed by atoms with Gasteiger partial charge in [0.05, 0.1) is 28.4 Å². The number of hydrogen-bond acceptors (Lipinski definition) is 5. The monoisotopic (exact) mass is 419 g/mol. The van der Waals surface area contributed by atoms with Crippen molar-refractivity contribution in [1.29, 1.82) is 0 Å². The Balaban J connectivity index is 1.37. The Morgan fingerprint density at radius 1 is 1.03 bits per heavy atom. The average Bonchev–Trinajstić information content (AvgIpc) is 3.29. The number of aryl methyl sites for hydroxylation is 1. The van der Waals surface area contributed by atoms with Crippen molar-refractivity contribution < 1.29 is 9.59 Å². The van der Waals surface area contributed by atoms with Crippen molar-refractivity contribution >= 4 is 39.1 Å². The Labute approximate surface area is 180 Å². The summed E-state index contributed by atoms with van der Waals surface area (Å²) < 4.78 is 1.16. The molecule has 3 aromatic rings. The number of anilines is 1. The zero-order chi connectivity index (χ0) is 20.8. The number of nitrogens with zero attached hydrogens (tertiary/aromatic N) is 3. The van der Waals surface area contributed by atoms with E-state index in [-0.39, 0.29) is 24.3 Å². The van der Waals surface area contributed by atoms with Crippen molar-refractivity contribution in [3.63, 3.8) is 0 Å². The van der Waals surface area contributed by atoms with Gasteiger partial charge in [0.25, 0.3) is 5.91 Å². The number of fused-ring (bicyclic) bond motifs is 1. The van der Waals surface area contributed by atoms with E-state index in [4.69, 9.17) is 4.98 Å². The lowest BCUT2D eigenvalue weighted by Crippen LogP contribution is -2.45. The molecule has 30 heavy (non-hydrogen) atoms. The first-order chi connectivity index (χ1) is 14.5. The predicted octanol–water partition coefficient (Wildman–Crippen LogP) is 4.64. The fourth-order valence-electron chi connectivity index (χ4n) is 4.42. The number of amides is 2. The Morgan fingerprint density at radius 3 is 2.50 bits per heavy atom. The highest BCUT2D eigenvalue weighted by molar-refractivity contribution is 7.21.